The van der Waals surface area contributed by atoms with Gasteiger partial charge in [0.25, 0.3) is 0 Å². The molecule has 0 spiro atoms. The van der Waals surface area contributed by atoms with Crippen LogP contribution in [0, 0.1) is 0 Å². The van der Waals surface area contributed by atoms with Crippen molar-refractivity contribution in [1.82, 2.24) is 4.98 Å². The molecule has 1 heterocycles. The lowest BCUT2D eigenvalue weighted by molar-refractivity contribution is 0.0597. The molecule has 0 aliphatic rings. The molecule has 0 atom stereocenters. The molecule has 18 heavy (non-hydrogen) atoms. The van der Waals surface area contributed by atoms with Crippen molar-refractivity contribution in [2.24, 2.45) is 0 Å². The number of esters is 1. The molecule has 0 aliphatic carbocycles. The van der Waals surface area contributed by atoms with Crippen molar-refractivity contribution in [2.45, 2.75) is 9.79 Å². The zero-order valence-corrected chi connectivity index (χ0v) is 11.2. The van der Waals surface area contributed by atoms with Crippen molar-refractivity contribution in [1.29, 1.82) is 0 Å². The highest BCUT2D eigenvalue weighted by Gasteiger charge is 2.12. The first-order chi connectivity index (χ1) is 8.70. The van der Waals surface area contributed by atoms with Crippen LogP contribution in [-0.4, -0.2) is 18.1 Å². The van der Waals surface area contributed by atoms with Gasteiger partial charge >= 0.3 is 5.97 Å². The number of benzene rings is 1. The van der Waals surface area contributed by atoms with Gasteiger partial charge in [0.05, 0.1) is 12.7 Å². The lowest BCUT2D eigenvalue weighted by Crippen LogP contribution is -2.02. The summed E-state index contributed by atoms with van der Waals surface area (Å²) in [5, 5.41) is 0.426. The predicted molar refractivity (Wildman–Crippen MR) is 71.2 cm³/mol. The maximum atomic E-state index is 11.6. The standard InChI is InChI=1S/C13H10ClNO2S/c1-17-13(16)10-4-2-3-5-11(10)18-9-6-7-15-12(14)8-9/h2-8H,1H3. The van der Waals surface area contributed by atoms with Gasteiger partial charge in [-0.05, 0) is 24.3 Å². The van der Waals surface area contributed by atoms with Crippen LogP contribution in [0.2, 0.25) is 5.15 Å². The van der Waals surface area contributed by atoms with Crippen LogP contribution in [0.3, 0.4) is 0 Å². The summed E-state index contributed by atoms with van der Waals surface area (Å²) in [7, 11) is 1.37. The molecule has 0 saturated carbocycles. The average Bonchev–Trinajstić information content (AvgIpc) is 2.38. The number of nitrogens with zero attached hydrogens (tertiary/aromatic N) is 1. The Kier molecular flexibility index (Phi) is 4.23. The number of pyridine rings is 1. The van der Waals surface area contributed by atoms with Gasteiger partial charge in [-0.2, -0.15) is 0 Å². The lowest BCUT2D eigenvalue weighted by atomic mass is 10.2. The topological polar surface area (TPSA) is 39.2 Å². The molecule has 0 bridgehead atoms. The third-order valence-electron chi connectivity index (χ3n) is 2.22. The molecule has 0 unspecified atom stereocenters. The maximum absolute atomic E-state index is 11.6. The van der Waals surface area contributed by atoms with Crippen LogP contribution in [0.5, 0.6) is 0 Å². The number of hydrogen-bond acceptors (Lipinski definition) is 4. The van der Waals surface area contributed by atoms with Gasteiger partial charge in [-0.3, -0.25) is 0 Å². The Bertz CT molecular complexity index is 574. The van der Waals surface area contributed by atoms with E-state index in [2.05, 4.69) is 4.98 Å². The highest BCUT2D eigenvalue weighted by molar-refractivity contribution is 7.99. The molecule has 0 N–H and O–H groups in total. The summed E-state index contributed by atoms with van der Waals surface area (Å²) < 4.78 is 4.75. The predicted octanol–water partition coefficient (Wildman–Crippen LogP) is 3.67. The average molecular weight is 280 g/mol. The first-order valence-electron chi connectivity index (χ1n) is 5.17. The largest absolute Gasteiger partial charge is 0.465 e. The van der Waals surface area contributed by atoms with Crippen molar-refractivity contribution in [3.8, 4) is 0 Å². The van der Waals surface area contributed by atoms with Gasteiger partial charge in [-0.1, -0.05) is 35.5 Å². The summed E-state index contributed by atoms with van der Waals surface area (Å²) in [5.74, 6) is -0.349. The molecular weight excluding hydrogens is 270 g/mol. The number of carbonyl (C=O) groups is 1. The Morgan fingerprint density at radius 1 is 1.33 bits per heavy atom. The fraction of sp³-hybridized carbons (Fsp3) is 0.0769. The van der Waals surface area contributed by atoms with Crippen molar-refractivity contribution in [3.05, 3.63) is 53.3 Å². The van der Waals surface area contributed by atoms with Gasteiger partial charge in [0.2, 0.25) is 0 Å². The Labute approximate surface area is 114 Å². The summed E-state index contributed by atoms with van der Waals surface area (Å²) in [6.45, 7) is 0. The van der Waals surface area contributed by atoms with Crippen LogP contribution in [0.4, 0.5) is 0 Å². The normalized spacial score (nSPS) is 10.1. The van der Waals surface area contributed by atoms with Crippen molar-refractivity contribution >= 4 is 29.3 Å². The monoisotopic (exact) mass is 279 g/mol. The molecule has 2 aromatic rings. The SMILES string of the molecule is COC(=O)c1ccccc1Sc1ccnc(Cl)c1. The van der Waals surface area contributed by atoms with E-state index in [4.69, 9.17) is 16.3 Å². The van der Waals surface area contributed by atoms with Crippen molar-refractivity contribution in [2.75, 3.05) is 7.11 Å². The van der Waals surface area contributed by atoms with Gasteiger partial charge in [-0.15, -0.1) is 0 Å². The Morgan fingerprint density at radius 3 is 2.83 bits per heavy atom. The fourth-order valence-electron chi connectivity index (χ4n) is 1.41. The van der Waals surface area contributed by atoms with E-state index >= 15 is 0 Å². The molecule has 2 rings (SSSR count). The van der Waals surface area contributed by atoms with Crippen LogP contribution < -0.4 is 0 Å². The number of carbonyl (C=O) groups excluding carboxylic acids is 1. The fourth-order valence-corrected chi connectivity index (χ4v) is 2.61. The molecule has 92 valence electrons. The number of ether oxygens (including phenoxy) is 1. The highest BCUT2D eigenvalue weighted by atomic mass is 35.5. The smallest absolute Gasteiger partial charge is 0.339 e. The van der Waals surface area contributed by atoms with Crippen LogP contribution in [-0.2, 0) is 4.74 Å². The number of hydrogen-bond donors (Lipinski definition) is 0. The molecule has 1 aromatic heterocycles. The van der Waals surface area contributed by atoms with Gasteiger partial charge in [0.1, 0.15) is 5.15 Å². The lowest BCUT2D eigenvalue weighted by Gasteiger charge is -2.07. The van der Waals surface area contributed by atoms with E-state index in [1.807, 2.05) is 18.2 Å². The van der Waals surface area contributed by atoms with Crippen molar-refractivity contribution < 1.29 is 9.53 Å². The van der Waals surface area contributed by atoms with Gasteiger partial charge in [0.15, 0.2) is 0 Å². The van der Waals surface area contributed by atoms with E-state index < -0.39 is 0 Å². The summed E-state index contributed by atoms with van der Waals surface area (Å²) in [5.41, 5.74) is 0.540. The minimum absolute atomic E-state index is 0.349. The molecular formula is C13H10ClNO2S. The van der Waals surface area contributed by atoms with Gasteiger partial charge in [-0.25, -0.2) is 9.78 Å². The summed E-state index contributed by atoms with van der Waals surface area (Å²) in [6, 6.07) is 10.9. The molecule has 0 amide bonds. The molecule has 0 aliphatic heterocycles. The summed E-state index contributed by atoms with van der Waals surface area (Å²) in [6.07, 6.45) is 1.63. The Hall–Kier alpha value is -1.52. The second-order valence-corrected chi connectivity index (χ2v) is 4.91. The first kappa shape index (κ1) is 12.9. The molecule has 1 aromatic carbocycles. The van der Waals surface area contributed by atoms with E-state index in [0.29, 0.717) is 10.7 Å². The Balaban J connectivity index is 2.32. The van der Waals surface area contributed by atoms with Gasteiger partial charge < -0.3 is 4.74 Å². The molecule has 0 fully saturated rings. The van der Waals surface area contributed by atoms with E-state index in [1.165, 1.54) is 18.9 Å². The third-order valence-corrected chi connectivity index (χ3v) is 3.49. The molecule has 5 heteroatoms. The second kappa shape index (κ2) is 5.89. The van der Waals surface area contributed by atoms with E-state index in [1.54, 1.807) is 24.4 Å². The van der Waals surface area contributed by atoms with Gasteiger partial charge in [0, 0.05) is 16.0 Å². The zero-order chi connectivity index (χ0) is 13.0. The van der Waals surface area contributed by atoms with E-state index in [9.17, 15) is 4.79 Å². The molecule has 0 radical (unpaired) electrons. The van der Waals surface area contributed by atoms with Crippen LogP contribution in [0.15, 0.2) is 52.4 Å². The maximum Gasteiger partial charge on any atom is 0.339 e. The van der Waals surface area contributed by atoms with Crippen LogP contribution in [0.1, 0.15) is 10.4 Å². The minimum atomic E-state index is -0.349. The zero-order valence-electron chi connectivity index (χ0n) is 9.59. The number of rotatable bonds is 3. The number of halogens is 1. The first-order valence-corrected chi connectivity index (χ1v) is 6.37. The minimum Gasteiger partial charge on any atom is -0.465 e. The molecule has 3 nitrogen and oxygen atoms in total. The second-order valence-electron chi connectivity index (χ2n) is 3.40. The quantitative estimate of drug-likeness (QED) is 0.635. The van der Waals surface area contributed by atoms with Crippen LogP contribution >= 0.6 is 23.4 Å². The molecule has 0 saturated heterocycles. The highest BCUT2D eigenvalue weighted by Crippen LogP contribution is 2.31. The van der Waals surface area contributed by atoms with Crippen molar-refractivity contribution in [3.63, 3.8) is 0 Å². The van der Waals surface area contributed by atoms with E-state index in [0.717, 1.165) is 9.79 Å². The van der Waals surface area contributed by atoms with Crippen LogP contribution in [0.25, 0.3) is 0 Å². The Morgan fingerprint density at radius 2 is 2.11 bits per heavy atom. The van der Waals surface area contributed by atoms with E-state index in [-0.39, 0.29) is 5.97 Å². The summed E-state index contributed by atoms with van der Waals surface area (Å²) in [4.78, 5) is 17.3. The number of methoxy groups -OCH3 is 1. The number of aromatic nitrogens is 1. The third kappa shape index (κ3) is 3.03. The summed E-state index contributed by atoms with van der Waals surface area (Å²) >= 11 is 7.27.